The second kappa shape index (κ2) is 11.1. The van der Waals surface area contributed by atoms with Crippen molar-refractivity contribution in [1.29, 1.82) is 0 Å². The van der Waals surface area contributed by atoms with E-state index in [1.165, 1.54) is 16.7 Å². The summed E-state index contributed by atoms with van der Waals surface area (Å²) in [6.07, 6.45) is 3.26. The Balaban J connectivity index is 1.35. The maximum Gasteiger partial charge on any atom is 0.183 e. The van der Waals surface area contributed by atoms with Crippen molar-refractivity contribution >= 4 is 5.78 Å². The fourth-order valence-corrected chi connectivity index (χ4v) is 5.14. The lowest BCUT2D eigenvalue weighted by Gasteiger charge is -2.19. The summed E-state index contributed by atoms with van der Waals surface area (Å²) in [5, 5.41) is 3.55. The molecular formula is C31H34N4O2. The Labute approximate surface area is 218 Å². The predicted molar refractivity (Wildman–Crippen MR) is 147 cm³/mol. The minimum Gasteiger partial charge on any atom is -0.497 e. The molecule has 1 aromatic heterocycles. The highest BCUT2D eigenvalue weighted by atomic mass is 16.5. The summed E-state index contributed by atoms with van der Waals surface area (Å²) < 4.78 is 7.15. The molecule has 0 radical (unpaired) electrons. The van der Waals surface area contributed by atoms with Crippen LogP contribution < -0.4 is 10.1 Å². The monoisotopic (exact) mass is 494 g/mol. The van der Waals surface area contributed by atoms with E-state index in [0.717, 1.165) is 42.2 Å². The number of ether oxygens (including phenoxy) is 1. The maximum absolute atomic E-state index is 13.4. The number of nitrogens with zero attached hydrogens (tertiary/aromatic N) is 3. The van der Waals surface area contributed by atoms with Crippen LogP contribution in [-0.2, 0) is 13.1 Å². The van der Waals surface area contributed by atoms with Gasteiger partial charge in [-0.3, -0.25) is 9.36 Å². The van der Waals surface area contributed by atoms with Crippen molar-refractivity contribution in [2.45, 2.75) is 38.9 Å². The zero-order valence-electron chi connectivity index (χ0n) is 21.8. The highest BCUT2D eigenvalue weighted by Crippen LogP contribution is 2.30. The number of benzene rings is 3. The van der Waals surface area contributed by atoms with Crippen molar-refractivity contribution in [1.82, 2.24) is 19.8 Å². The van der Waals surface area contributed by atoms with Crippen molar-refractivity contribution in [3.05, 3.63) is 102 Å². The normalized spacial score (nSPS) is 15.5. The number of Topliss-reactive ketones (excluding diaryl/α,β-unsaturated/α-hetero) is 1. The average Bonchev–Trinajstić information content (AvgIpc) is 3.28. The molecule has 6 nitrogen and oxygen atoms in total. The Morgan fingerprint density at radius 3 is 2.54 bits per heavy atom. The zero-order valence-corrected chi connectivity index (χ0v) is 21.8. The fraction of sp³-hybridized carbons (Fsp3) is 0.290. The third-order valence-electron chi connectivity index (χ3n) is 7.05. The third kappa shape index (κ3) is 5.36. The molecule has 4 aromatic rings. The van der Waals surface area contributed by atoms with Gasteiger partial charge in [0.1, 0.15) is 17.8 Å². The van der Waals surface area contributed by atoms with Gasteiger partial charge in [-0.25, -0.2) is 4.98 Å². The Morgan fingerprint density at radius 1 is 1.05 bits per heavy atom. The van der Waals surface area contributed by atoms with E-state index in [0.29, 0.717) is 18.7 Å². The van der Waals surface area contributed by atoms with Crippen molar-refractivity contribution in [3.63, 3.8) is 0 Å². The van der Waals surface area contributed by atoms with Crippen LogP contribution in [0.2, 0.25) is 0 Å². The topological polar surface area (TPSA) is 59.4 Å². The van der Waals surface area contributed by atoms with E-state index in [1.807, 2.05) is 28.8 Å². The van der Waals surface area contributed by atoms with Gasteiger partial charge in [0.15, 0.2) is 5.78 Å². The summed E-state index contributed by atoms with van der Waals surface area (Å²) in [5.74, 6) is 0.869. The molecule has 5 rings (SSSR count). The van der Waals surface area contributed by atoms with Gasteiger partial charge in [-0.1, -0.05) is 55.5 Å². The molecule has 2 heterocycles. The van der Waals surface area contributed by atoms with Crippen molar-refractivity contribution in [2.75, 3.05) is 20.7 Å². The van der Waals surface area contributed by atoms with Gasteiger partial charge in [0.05, 0.1) is 12.8 Å². The second-order valence-electron chi connectivity index (χ2n) is 9.69. The minimum atomic E-state index is -0.0639. The zero-order chi connectivity index (χ0) is 25.8. The maximum atomic E-state index is 13.4. The minimum absolute atomic E-state index is 0.0639. The van der Waals surface area contributed by atoms with E-state index < -0.39 is 0 Å². The molecule has 37 heavy (non-hydrogen) atoms. The Morgan fingerprint density at radius 2 is 1.81 bits per heavy atom. The molecule has 190 valence electrons. The number of carbonyl (C=O) groups is 1. The number of methoxy groups -OCH3 is 1. The average molecular weight is 495 g/mol. The predicted octanol–water partition coefficient (Wildman–Crippen LogP) is 5.81. The number of fused-ring (bicyclic) bond motifs is 1. The summed E-state index contributed by atoms with van der Waals surface area (Å²) in [4.78, 5) is 20.3. The van der Waals surface area contributed by atoms with Gasteiger partial charge in [-0.15, -0.1) is 0 Å². The molecule has 1 atom stereocenters. The van der Waals surface area contributed by atoms with Gasteiger partial charge < -0.3 is 15.0 Å². The highest BCUT2D eigenvalue weighted by Gasteiger charge is 2.27. The van der Waals surface area contributed by atoms with Crippen LogP contribution in [0.3, 0.4) is 0 Å². The number of carbonyl (C=O) groups excluding carboxylic acids is 1. The van der Waals surface area contributed by atoms with Crippen molar-refractivity contribution in [2.24, 2.45) is 0 Å². The molecule has 0 fully saturated rings. The molecular weight excluding hydrogens is 460 g/mol. The molecule has 0 saturated heterocycles. The SMILES string of the molecule is CCCN(C)Cc1ccccc1-c1ccc(C2CC(=O)c3c(ncn3-c3ccc(OC)cc3)CN2)cc1. The van der Waals surface area contributed by atoms with Crippen LogP contribution in [0.4, 0.5) is 0 Å². The molecule has 0 aliphatic carbocycles. The molecule has 1 N–H and O–H groups in total. The molecule has 0 amide bonds. The van der Waals surface area contributed by atoms with Crippen LogP contribution in [0.15, 0.2) is 79.1 Å². The van der Waals surface area contributed by atoms with E-state index in [-0.39, 0.29) is 11.8 Å². The van der Waals surface area contributed by atoms with Crippen molar-refractivity contribution in [3.8, 4) is 22.6 Å². The first-order valence-corrected chi connectivity index (χ1v) is 12.9. The fourth-order valence-electron chi connectivity index (χ4n) is 5.14. The molecule has 0 bridgehead atoms. The first-order chi connectivity index (χ1) is 18.1. The Kier molecular flexibility index (Phi) is 7.49. The first kappa shape index (κ1) is 24.9. The van der Waals surface area contributed by atoms with Crippen LogP contribution >= 0.6 is 0 Å². The van der Waals surface area contributed by atoms with E-state index in [1.54, 1.807) is 13.4 Å². The summed E-state index contributed by atoms with van der Waals surface area (Å²) in [6, 6.07) is 24.9. The van der Waals surface area contributed by atoms with Gasteiger partial charge in [-0.2, -0.15) is 0 Å². The molecule has 6 heteroatoms. The lowest BCUT2D eigenvalue weighted by molar-refractivity contribution is 0.0966. The lowest BCUT2D eigenvalue weighted by atomic mass is 9.95. The van der Waals surface area contributed by atoms with Gasteiger partial charge in [-0.05, 0) is 66.5 Å². The molecule has 1 aliphatic rings. The Bertz CT molecular complexity index is 1360. The summed E-state index contributed by atoms with van der Waals surface area (Å²) in [5.41, 5.74) is 7.22. The van der Waals surface area contributed by atoms with Crippen molar-refractivity contribution < 1.29 is 9.53 Å². The van der Waals surface area contributed by atoms with E-state index in [2.05, 4.69) is 77.7 Å². The first-order valence-electron chi connectivity index (χ1n) is 12.9. The number of rotatable bonds is 8. The summed E-state index contributed by atoms with van der Waals surface area (Å²) in [7, 11) is 3.81. The number of nitrogens with one attached hydrogen (secondary N) is 1. The molecule has 0 saturated carbocycles. The van der Waals surface area contributed by atoms with Gasteiger partial charge >= 0.3 is 0 Å². The molecule has 1 aliphatic heterocycles. The number of imidazole rings is 1. The van der Waals surface area contributed by atoms with Crippen LogP contribution in [0.25, 0.3) is 16.8 Å². The van der Waals surface area contributed by atoms with Crippen LogP contribution in [0.1, 0.15) is 53.1 Å². The number of ketones is 1. The van der Waals surface area contributed by atoms with Gasteiger partial charge in [0.25, 0.3) is 0 Å². The lowest BCUT2D eigenvalue weighted by Crippen LogP contribution is -2.20. The summed E-state index contributed by atoms with van der Waals surface area (Å²) in [6.45, 7) is 4.75. The molecule has 3 aromatic carbocycles. The smallest absolute Gasteiger partial charge is 0.183 e. The van der Waals surface area contributed by atoms with Gasteiger partial charge in [0.2, 0.25) is 0 Å². The Hall–Kier alpha value is -3.74. The highest BCUT2D eigenvalue weighted by molar-refractivity contribution is 5.97. The van der Waals surface area contributed by atoms with Gasteiger partial charge in [0, 0.05) is 31.2 Å². The number of hydrogen-bond acceptors (Lipinski definition) is 5. The van der Waals surface area contributed by atoms with Crippen LogP contribution in [0.5, 0.6) is 5.75 Å². The second-order valence-corrected chi connectivity index (χ2v) is 9.69. The van der Waals surface area contributed by atoms with Crippen LogP contribution in [0, 0.1) is 0 Å². The number of aromatic nitrogens is 2. The van der Waals surface area contributed by atoms with E-state index in [9.17, 15) is 4.79 Å². The third-order valence-corrected chi connectivity index (χ3v) is 7.05. The number of hydrogen-bond donors (Lipinski definition) is 1. The van der Waals surface area contributed by atoms with E-state index >= 15 is 0 Å². The standard InChI is InChI=1S/C31H34N4O2/c1-4-17-34(2)20-24-7-5-6-8-27(24)22-9-11-23(12-10-22)28-18-30(36)31-29(19-32-28)33-21-35(31)25-13-15-26(37-3)16-14-25/h5-16,21,28,32H,4,17-20H2,1-3H3. The van der Waals surface area contributed by atoms with E-state index in [4.69, 9.17) is 4.74 Å². The summed E-state index contributed by atoms with van der Waals surface area (Å²) >= 11 is 0. The quantitative estimate of drug-likeness (QED) is 0.335. The largest absolute Gasteiger partial charge is 0.497 e. The molecule has 1 unspecified atom stereocenters. The van der Waals surface area contributed by atoms with Crippen LogP contribution in [-0.4, -0.2) is 40.9 Å². The molecule has 0 spiro atoms.